The van der Waals surface area contributed by atoms with Crippen LogP contribution >= 0.6 is 24.0 Å². The van der Waals surface area contributed by atoms with Gasteiger partial charge in [-0.15, -0.1) is 24.0 Å². The van der Waals surface area contributed by atoms with Crippen LogP contribution in [0.15, 0.2) is 35.3 Å². The second kappa shape index (κ2) is 13.9. The fourth-order valence-electron chi connectivity index (χ4n) is 4.34. The van der Waals surface area contributed by atoms with Crippen LogP contribution in [0.4, 0.5) is 0 Å². The number of hydrogen-bond acceptors (Lipinski definition) is 3. The fourth-order valence-corrected chi connectivity index (χ4v) is 4.34. The highest BCUT2D eigenvalue weighted by Crippen LogP contribution is 2.22. The number of guanidine groups is 1. The summed E-state index contributed by atoms with van der Waals surface area (Å²) in [5.41, 5.74) is 1.38. The van der Waals surface area contributed by atoms with Gasteiger partial charge in [-0.05, 0) is 37.2 Å². The summed E-state index contributed by atoms with van der Waals surface area (Å²) < 4.78 is 0. The van der Waals surface area contributed by atoms with Crippen molar-refractivity contribution in [3.8, 4) is 0 Å². The lowest BCUT2D eigenvalue weighted by Gasteiger charge is -2.33. The van der Waals surface area contributed by atoms with Crippen LogP contribution in [0.3, 0.4) is 0 Å². The monoisotopic (exact) mass is 541 g/mol. The zero-order valence-corrected chi connectivity index (χ0v) is 21.5. The van der Waals surface area contributed by atoms with E-state index in [1.807, 2.05) is 0 Å². The molecule has 1 saturated heterocycles. The van der Waals surface area contributed by atoms with Gasteiger partial charge in [0.2, 0.25) is 5.91 Å². The Bertz CT molecular complexity index is 668. The first kappa shape index (κ1) is 25.9. The molecule has 1 aliphatic carbocycles. The number of likely N-dealkylation sites (tertiary alicyclic amines) is 1. The maximum absolute atomic E-state index is 12.0. The maximum Gasteiger partial charge on any atom is 0.243 e. The summed E-state index contributed by atoms with van der Waals surface area (Å²) in [4.78, 5) is 20.7. The van der Waals surface area contributed by atoms with Crippen molar-refractivity contribution in [2.45, 2.75) is 57.5 Å². The molecule has 3 rings (SSSR count). The highest BCUT2D eigenvalue weighted by Gasteiger charge is 2.21. The van der Waals surface area contributed by atoms with Crippen molar-refractivity contribution in [2.75, 3.05) is 40.3 Å². The Labute approximate surface area is 205 Å². The molecule has 174 valence electrons. The van der Waals surface area contributed by atoms with Crippen molar-refractivity contribution in [1.82, 2.24) is 20.4 Å². The van der Waals surface area contributed by atoms with Gasteiger partial charge in [0.15, 0.2) is 5.96 Å². The van der Waals surface area contributed by atoms with Crippen molar-refractivity contribution < 1.29 is 4.79 Å². The van der Waals surface area contributed by atoms with Gasteiger partial charge in [-0.2, -0.15) is 0 Å². The van der Waals surface area contributed by atoms with Crippen molar-refractivity contribution in [3.63, 3.8) is 0 Å². The number of nitrogens with one attached hydrogen (secondary N) is 2. The topological polar surface area (TPSA) is 60.0 Å². The number of nitrogens with zero attached hydrogens (tertiary/aromatic N) is 3. The molecule has 0 atom stereocenters. The van der Waals surface area contributed by atoms with Crippen LogP contribution in [0.2, 0.25) is 0 Å². The molecule has 1 aromatic rings. The number of amides is 1. The summed E-state index contributed by atoms with van der Waals surface area (Å²) in [5, 5.41) is 7.15. The third kappa shape index (κ3) is 9.35. The lowest BCUT2D eigenvalue weighted by molar-refractivity contribution is -0.127. The Morgan fingerprint density at radius 1 is 1.06 bits per heavy atom. The second-order valence-corrected chi connectivity index (χ2v) is 9.02. The first-order valence-electron chi connectivity index (χ1n) is 11.6. The standard InChI is InChI=1S/C24H39N5O.HI/c1-28(2)23(30)18-26-24(25-17-20-9-5-3-6-10-20)27-22-13-15-29(16-14-22)19-21-11-7-4-8-12-21;/h4,7-8,11-12,20,22H,3,5-6,9-10,13-19H2,1-2H3,(H2,25,26,27);1H. The lowest BCUT2D eigenvalue weighted by Crippen LogP contribution is -2.49. The molecule has 0 aromatic heterocycles. The number of hydrogen-bond donors (Lipinski definition) is 2. The highest BCUT2D eigenvalue weighted by molar-refractivity contribution is 14.0. The van der Waals surface area contributed by atoms with E-state index in [9.17, 15) is 4.79 Å². The third-order valence-corrected chi connectivity index (χ3v) is 6.33. The number of carbonyl (C=O) groups is 1. The van der Waals surface area contributed by atoms with E-state index in [0.29, 0.717) is 6.04 Å². The molecule has 2 fully saturated rings. The molecule has 1 aliphatic heterocycles. The first-order chi connectivity index (χ1) is 14.6. The molecule has 2 N–H and O–H groups in total. The highest BCUT2D eigenvalue weighted by atomic mass is 127. The van der Waals surface area contributed by atoms with Crippen molar-refractivity contribution in [3.05, 3.63) is 35.9 Å². The number of aliphatic imine (C=N–C) groups is 1. The summed E-state index contributed by atoms with van der Waals surface area (Å²) in [6.07, 6.45) is 8.84. The molecule has 0 bridgehead atoms. The molecular weight excluding hydrogens is 501 g/mol. The maximum atomic E-state index is 12.0. The number of carbonyl (C=O) groups excluding carboxylic acids is 1. The van der Waals surface area contributed by atoms with Gasteiger partial charge >= 0.3 is 0 Å². The van der Waals surface area contributed by atoms with Crippen molar-refractivity contribution >= 4 is 35.8 Å². The van der Waals surface area contributed by atoms with E-state index in [4.69, 9.17) is 0 Å². The molecule has 1 aromatic carbocycles. The average Bonchev–Trinajstić information content (AvgIpc) is 2.78. The average molecular weight is 542 g/mol. The first-order valence-corrected chi connectivity index (χ1v) is 11.6. The minimum Gasteiger partial charge on any atom is -0.356 e. The Kier molecular flexibility index (Phi) is 11.6. The number of halogens is 1. The van der Waals surface area contributed by atoms with Crippen LogP contribution in [0, 0.1) is 5.92 Å². The van der Waals surface area contributed by atoms with Gasteiger partial charge in [0.1, 0.15) is 6.54 Å². The zero-order valence-electron chi connectivity index (χ0n) is 19.2. The minimum absolute atomic E-state index is 0. The predicted octanol–water partition coefficient (Wildman–Crippen LogP) is 3.47. The van der Waals surface area contributed by atoms with Crippen LogP contribution < -0.4 is 10.6 Å². The Balaban J connectivity index is 0.00000341. The van der Waals surface area contributed by atoms with E-state index in [1.165, 1.54) is 37.7 Å². The molecule has 2 aliphatic rings. The van der Waals surface area contributed by atoms with Crippen LogP contribution in [0.5, 0.6) is 0 Å². The fraction of sp³-hybridized carbons (Fsp3) is 0.667. The summed E-state index contributed by atoms with van der Waals surface area (Å²) in [7, 11) is 3.56. The number of piperidine rings is 1. The number of benzene rings is 1. The van der Waals surface area contributed by atoms with Gasteiger partial charge in [0.05, 0.1) is 0 Å². The summed E-state index contributed by atoms with van der Waals surface area (Å²) in [6, 6.07) is 11.1. The molecule has 1 amide bonds. The number of likely N-dealkylation sites (N-methyl/N-ethyl adjacent to an activating group) is 1. The number of rotatable bonds is 7. The van der Waals surface area contributed by atoms with E-state index >= 15 is 0 Å². The molecule has 1 heterocycles. The van der Waals surface area contributed by atoms with E-state index in [2.05, 4.69) is 50.9 Å². The van der Waals surface area contributed by atoms with Gasteiger partial charge in [0.25, 0.3) is 0 Å². The lowest BCUT2D eigenvalue weighted by atomic mass is 9.89. The molecule has 1 saturated carbocycles. The minimum atomic E-state index is 0. The van der Waals surface area contributed by atoms with E-state index in [-0.39, 0.29) is 36.4 Å². The normalized spacial score (nSPS) is 18.8. The molecule has 0 spiro atoms. The Morgan fingerprint density at radius 2 is 1.74 bits per heavy atom. The van der Waals surface area contributed by atoms with E-state index < -0.39 is 0 Å². The van der Waals surface area contributed by atoms with Gasteiger partial charge < -0.3 is 15.5 Å². The quantitative estimate of drug-likeness (QED) is 0.316. The molecule has 7 heteroatoms. The Hall–Kier alpha value is -1.35. The van der Waals surface area contributed by atoms with Crippen LogP contribution in [-0.2, 0) is 11.3 Å². The van der Waals surface area contributed by atoms with Crippen LogP contribution in [0.1, 0.15) is 50.5 Å². The SMILES string of the molecule is CN(C)C(=O)CN=C(NCC1CCCCC1)NC1CCN(Cc2ccccc2)CC1.I. The second-order valence-electron chi connectivity index (χ2n) is 9.02. The van der Waals surface area contributed by atoms with Gasteiger partial charge in [0, 0.05) is 46.3 Å². The van der Waals surface area contributed by atoms with Crippen molar-refractivity contribution in [1.29, 1.82) is 0 Å². The smallest absolute Gasteiger partial charge is 0.243 e. The van der Waals surface area contributed by atoms with E-state index in [0.717, 1.165) is 50.9 Å². The van der Waals surface area contributed by atoms with Crippen molar-refractivity contribution in [2.24, 2.45) is 10.9 Å². The largest absolute Gasteiger partial charge is 0.356 e. The molecule has 6 nitrogen and oxygen atoms in total. The third-order valence-electron chi connectivity index (χ3n) is 6.33. The summed E-state index contributed by atoms with van der Waals surface area (Å²) >= 11 is 0. The summed E-state index contributed by atoms with van der Waals surface area (Å²) in [5.74, 6) is 1.56. The van der Waals surface area contributed by atoms with Crippen LogP contribution in [-0.4, -0.2) is 68.0 Å². The van der Waals surface area contributed by atoms with Gasteiger partial charge in [-0.25, -0.2) is 4.99 Å². The van der Waals surface area contributed by atoms with E-state index in [1.54, 1.807) is 19.0 Å². The molecule has 0 radical (unpaired) electrons. The predicted molar refractivity (Wildman–Crippen MR) is 139 cm³/mol. The van der Waals surface area contributed by atoms with Crippen LogP contribution in [0.25, 0.3) is 0 Å². The van der Waals surface area contributed by atoms with Gasteiger partial charge in [-0.3, -0.25) is 9.69 Å². The van der Waals surface area contributed by atoms with Gasteiger partial charge in [-0.1, -0.05) is 49.6 Å². The molecule has 31 heavy (non-hydrogen) atoms. The Morgan fingerprint density at radius 3 is 2.39 bits per heavy atom. The molecule has 0 unspecified atom stereocenters. The zero-order chi connectivity index (χ0) is 21.2. The summed E-state index contributed by atoms with van der Waals surface area (Å²) in [6.45, 7) is 4.33. The molecular formula is C24H40IN5O.